The SMILES string of the molecule is N#C/C=C(/Cl)c1cc(Cl)cc(Br)c1. The fourth-order valence-corrected chi connectivity index (χ4v) is 1.85. The van der Waals surface area contributed by atoms with E-state index in [0.717, 1.165) is 10.0 Å². The van der Waals surface area contributed by atoms with Crippen LogP contribution in [-0.4, -0.2) is 0 Å². The molecule has 0 amide bonds. The molecule has 1 nitrogen and oxygen atoms in total. The summed E-state index contributed by atoms with van der Waals surface area (Å²) < 4.78 is 0.833. The van der Waals surface area contributed by atoms with E-state index >= 15 is 0 Å². The summed E-state index contributed by atoms with van der Waals surface area (Å²) in [6.07, 6.45) is 1.26. The van der Waals surface area contributed by atoms with Crippen LogP contribution in [0, 0.1) is 11.3 Å². The van der Waals surface area contributed by atoms with Gasteiger partial charge in [0.1, 0.15) is 0 Å². The van der Waals surface area contributed by atoms with Gasteiger partial charge in [-0.15, -0.1) is 0 Å². The van der Waals surface area contributed by atoms with Crippen molar-refractivity contribution in [2.75, 3.05) is 0 Å². The molecule has 0 aromatic heterocycles. The fourth-order valence-electron chi connectivity index (χ4n) is 0.832. The van der Waals surface area contributed by atoms with Crippen molar-refractivity contribution in [1.29, 1.82) is 5.26 Å². The molecule has 0 aliphatic rings. The molecule has 0 saturated carbocycles. The monoisotopic (exact) mass is 275 g/mol. The summed E-state index contributed by atoms with van der Waals surface area (Å²) in [4.78, 5) is 0. The first-order valence-electron chi connectivity index (χ1n) is 3.35. The minimum atomic E-state index is 0.380. The lowest BCUT2D eigenvalue weighted by Gasteiger charge is -1.99. The van der Waals surface area contributed by atoms with E-state index in [2.05, 4.69) is 15.9 Å². The number of allylic oxidation sites excluding steroid dienone is 1. The van der Waals surface area contributed by atoms with Gasteiger partial charge in [0.15, 0.2) is 0 Å². The zero-order valence-electron chi connectivity index (χ0n) is 6.39. The van der Waals surface area contributed by atoms with E-state index in [1.807, 2.05) is 6.07 Å². The zero-order chi connectivity index (χ0) is 9.84. The van der Waals surface area contributed by atoms with Gasteiger partial charge < -0.3 is 0 Å². The lowest BCUT2D eigenvalue weighted by Crippen LogP contribution is -1.77. The first-order chi connectivity index (χ1) is 6.13. The van der Waals surface area contributed by atoms with Crippen LogP contribution in [0.5, 0.6) is 0 Å². The van der Waals surface area contributed by atoms with Gasteiger partial charge >= 0.3 is 0 Å². The maximum absolute atomic E-state index is 8.38. The number of hydrogen-bond donors (Lipinski definition) is 0. The van der Waals surface area contributed by atoms with Crippen LogP contribution in [0.15, 0.2) is 28.7 Å². The maximum atomic E-state index is 8.38. The quantitative estimate of drug-likeness (QED) is 0.705. The van der Waals surface area contributed by atoms with E-state index in [1.54, 1.807) is 18.2 Å². The van der Waals surface area contributed by atoms with Crippen LogP contribution in [0.1, 0.15) is 5.56 Å². The molecule has 0 heterocycles. The summed E-state index contributed by atoms with van der Waals surface area (Å²) in [5.41, 5.74) is 0.725. The minimum Gasteiger partial charge on any atom is -0.193 e. The molecule has 0 fully saturated rings. The molecule has 1 aromatic rings. The van der Waals surface area contributed by atoms with Gasteiger partial charge in [0.05, 0.1) is 11.1 Å². The van der Waals surface area contributed by atoms with Gasteiger partial charge in [0.25, 0.3) is 0 Å². The average molecular weight is 277 g/mol. The van der Waals surface area contributed by atoms with Crippen molar-refractivity contribution in [3.05, 3.63) is 39.3 Å². The van der Waals surface area contributed by atoms with Crippen molar-refractivity contribution in [2.24, 2.45) is 0 Å². The van der Waals surface area contributed by atoms with E-state index in [4.69, 9.17) is 28.5 Å². The number of nitriles is 1. The summed E-state index contributed by atoms with van der Waals surface area (Å²) >= 11 is 14.9. The lowest BCUT2D eigenvalue weighted by molar-refractivity contribution is 1.53. The third-order valence-electron chi connectivity index (χ3n) is 1.33. The Morgan fingerprint density at radius 2 is 2.15 bits per heavy atom. The van der Waals surface area contributed by atoms with Crippen LogP contribution in [-0.2, 0) is 0 Å². The highest BCUT2D eigenvalue weighted by atomic mass is 79.9. The second-order valence-electron chi connectivity index (χ2n) is 2.28. The van der Waals surface area contributed by atoms with Crippen molar-refractivity contribution in [3.8, 4) is 6.07 Å². The van der Waals surface area contributed by atoms with E-state index in [-0.39, 0.29) is 0 Å². The Labute approximate surface area is 94.7 Å². The van der Waals surface area contributed by atoms with Crippen molar-refractivity contribution in [2.45, 2.75) is 0 Å². The summed E-state index contributed by atoms with van der Waals surface area (Å²) in [6, 6.07) is 7.09. The molecule has 0 N–H and O–H groups in total. The Morgan fingerprint density at radius 3 is 2.69 bits per heavy atom. The van der Waals surface area contributed by atoms with Crippen molar-refractivity contribution in [3.63, 3.8) is 0 Å². The molecule has 1 rings (SSSR count). The minimum absolute atomic E-state index is 0.380. The van der Waals surface area contributed by atoms with Gasteiger partial charge in [0, 0.05) is 15.6 Å². The normalized spacial score (nSPS) is 11.1. The molecule has 0 aliphatic carbocycles. The predicted molar refractivity (Wildman–Crippen MR) is 58.6 cm³/mol. The third-order valence-corrected chi connectivity index (χ3v) is 2.33. The summed E-state index contributed by atoms with van der Waals surface area (Å²) in [5.74, 6) is 0. The van der Waals surface area contributed by atoms with Crippen molar-refractivity contribution >= 4 is 44.2 Å². The molecule has 0 aliphatic heterocycles. The Morgan fingerprint density at radius 1 is 1.46 bits per heavy atom. The van der Waals surface area contributed by atoms with Gasteiger partial charge in [-0.2, -0.15) is 5.26 Å². The summed E-state index contributed by atoms with van der Waals surface area (Å²) in [7, 11) is 0. The lowest BCUT2D eigenvalue weighted by atomic mass is 10.2. The van der Waals surface area contributed by atoms with E-state index in [1.165, 1.54) is 6.08 Å². The van der Waals surface area contributed by atoms with Gasteiger partial charge in [-0.05, 0) is 23.8 Å². The largest absolute Gasteiger partial charge is 0.193 e. The maximum Gasteiger partial charge on any atom is 0.0927 e. The zero-order valence-corrected chi connectivity index (χ0v) is 9.49. The molecular weight excluding hydrogens is 273 g/mol. The molecule has 1 aromatic carbocycles. The molecule has 66 valence electrons. The predicted octanol–water partition coefficient (Wildman–Crippen LogP) is 4.21. The second-order valence-corrected chi connectivity index (χ2v) is 4.04. The van der Waals surface area contributed by atoms with Gasteiger partial charge in [0.2, 0.25) is 0 Å². The van der Waals surface area contributed by atoms with Gasteiger partial charge in [-0.25, -0.2) is 0 Å². The number of nitrogens with zero attached hydrogens (tertiary/aromatic N) is 1. The van der Waals surface area contributed by atoms with E-state index in [9.17, 15) is 0 Å². The second kappa shape index (κ2) is 4.66. The first kappa shape index (κ1) is 10.6. The number of rotatable bonds is 1. The van der Waals surface area contributed by atoms with Crippen LogP contribution in [0.25, 0.3) is 5.03 Å². The van der Waals surface area contributed by atoms with Crippen LogP contribution >= 0.6 is 39.1 Å². The molecule has 4 heteroatoms. The third kappa shape index (κ3) is 3.04. The van der Waals surface area contributed by atoms with E-state index < -0.39 is 0 Å². The van der Waals surface area contributed by atoms with Crippen LogP contribution in [0.2, 0.25) is 5.02 Å². The molecule has 13 heavy (non-hydrogen) atoms. The number of hydrogen-bond acceptors (Lipinski definition) is 1. The molecule has 0 saturated heterocycles. The molecule has 0 radical (unpaired) electrons. The number of halogens is 3. The Kier molecular flexibility index (Phi) is 3.80. The molecule has 0 bridgehead atoms. The van der Waals surface area contributed by atoms with Gasteiger partial charge in [-0.1, -0.05) is 39.1 Å². The van der Waals surface area contributed by atoms with Crippen LogP contribution < -0.4 is 0 Å². The van der Waals surface area contributed by atoms with Crippen molar-refractivity contribution < 1.29 is 0 Å². The van der Waals surface area contributed by atoms with Crippen molar-refractivity contribution in [1.82, 2.24) is 0 Å². The first-order valence-corrected chi connectivity index (χ1v) is 4.90. The molecular formula is C9H4BrCl2N. The average Bonchev–Trinajstić information content (AvgIpc) is 2.03. The smallest absolute Gasteiger partial charge is 0.0927 e. The summed E-state index contributed by atoms with van der Waals surface area (Å²) in [5, 5.41) is 9.34. The van der Waals surface area contributed by atoms with Crippen LogP contribution in [0.4, 0.5) is 0 Å². The Bertz CT molecular complexity index is 373. The molecule has 0 spiro atoms. The standard InChI is InChI=1S/C9H4BrCl2N/c10-7-3-6(4-8(11)5-7)9(12)1-2-13/h1,3-5H/b9-1+. The Balaban J connectivity index is 3.17. The molecule has 0 unspecified atom stereocenters. The van der Waals surface area contributed by atoms with E-state index in [0.29, 0.717) is 10.1 Å². The van der Waals surface area contributed by atoms with Crippen LogP contribution in [0.3, 0.4) is 0 Å². The highest BCUT2D eigenvalue weighted by molar-refractivity contribution is 9.10. The Hall–Kier alpha value is -0.490. The highest BCUT2D eigenvalue weighted by Crippen LogP contribution is 2.26. The van der Waals surface area contributed by atoms with Gasteiger partial charge in [-0.3, -0.25) is 0 Å². The number of benzene rings is 1. The topological polar surface area (TPSA) is 23.8 Å². The molecule has 0 atom stereocenters. The fraction of sp³-hybridized carbons (Fsp3) is 0. The summed E-state index contributed by atoms with van der Waals surface area (Å²) in [6.45, 7) is 0. The highest BCUT2D eigenvalue weighted by Gasteiger charge is 2.00.